The second-order valence-corrected chi connectivity index (χ2v) is 5.81. The van der Waals surface area contributed by atoms with Crippen LogP contribution in [0.25, 0.3) is 0 Å². The molecule has 1 N–H and O–H groups in total. The molecular formula is C16H13Cl3O5. The van der Waals surface area contributed by atoms with E-state index in [4.69, 9.17) is 54.1 Å². The van der Waals surface area contributed by atoms with E-state index < -0.39 is 5.97 Å². The molecule has 0 aliphatic heterocycles. The molecule has 0 unspecified atom stereocenters. The van der Waals surface area contributed by atoms with E-state index in [0.717, 1.165) is 0 Å². The van der Waals surface area contributed by atoms with Crippen LogP contribution in [-0.4, -0.2) is 31.4 Å². The number of ether oxygens (including phenoxy) is 3. The molecule has 0 aliphatic rings. The number of carboxylic acids is 1. The first-order valence-electron chi connectivity index (χ1n) is 6.74. The fourth-order valence-electron chi connectivity index (χ4n) is 1.89. The van der Waals surface area contributed by atoms with E-state index in [-0.39, 0.29) is 40.3 Å². The van der Waals surface area contributed by atoms with Crippen molar-refractivity contribution in [1.82, 2.24) is 0 Å². The molecule has 0 saturated heterocycles. The fraction of sp³-hybridized carbons (Fsp3) is 0.188. The van der Waals surface area contributed by atoms with Crippen LogP contribution in [0.5, 0.6) is 17.2 Å². The minimum absolute atomic E-state index is 0.0263. The van der Waals surface area contributed by atoms with Gasteiger partial charge in [-0.3, -0.25) is 0 Å². The number of hydrogen-bond donors (Lipinski definition) is 1. The van der Waals surface area contributed by atoms with Crippen LogP contribution in [0.2, 0.25) is 15.1 Å². The van der Waals surface area contributed by atoms with Gasteiger partial charge in [0.05, 0.1) is 17.2 Å². The lowest BCUT2D eigenvalue weighted by molar-refractivity contribution is 0.0691. The normalized spacial score (nSPS) is 10.3. The monoisotopic (exact) mass is 390 g/mol. The summed E-state index contributed by atoms with van der Waals surface area (Å²) >= 11 is 17.8. The fourth-order valence-corrected chi connectivity index (χ4v) is 2.81. The van der Waals surface area contributed by atoms with Crippen LogP contribution in [0, 0.1) is 0 Å². The molecule has 0 radical (unpaired) electrons. The van der Waals surface area contributed by atoms with E-state index >= 15 is 0 Å². The molecule has 0 aromatic heterocycles. The van der Waals surface area contributed by atoms with Crippen molar-refractivity contribution in [3.05, 3.63) is 51.0 Å². The molecule has 8 heteroatoms. The topological polar surface area (TPSA) is 65.0 Å². The van der Waals surface area contributed by atoms with Crippen LogP contribution >= 0.6 is 34.8 Å². The van der Waals surface area contributed by atoms with Crippen LogP contribution in [0.4, 0.5) is 0 Å². The summed E-state index contributed by atoms with van der Waals surface area (Å²) in [6, 6.07) is 7.46. The maximum absolute atomic E-state index is 11.2. The Morgan fingerprint density at radius 3 is 2.25 bits per heavy atom. The summed E-state index contributed by atoms with van der Waals surface area (Å²) < 4.78 is 16.0. The molecule has 0 spiro atoms. The Morgan fingerprint density at radius 2 is 1.67 bits per heavy atom. The maximum atomic E-state index is 11.2. The molecule has 5 nitrogen and oxygen atoms in total. The number of methoxy groups -OCH3 is 1. The molecule has 0 fully saturated rings. The van der Waals surface area contributed by atoms with Crippen LogP contribution < -0.4 is 14.2 Å². The van der Waals surface area contributed by atoms with Crippen molar-refractivity contribution in [1.29, 1.82) is 0 Å². The van der Waals surface area contributed by atoms with Gasteiger partial charge in [-0.1, -0.05) is 34.8 Å². The van der Waals surface area contributed by atoms with Gasteiger partial charge in [0.1, 0.15) is 30.3 Å². The second-order valence-electron chi connectivity index (χ2n) is 4.56. The second kappa shape index (κ2) is 8.33. The minimum atomic E-state index is -1.10. The third-order valence-corrected chi connectivity index (χ3v) is 3.75. The third-order valence-electron chi connectivity index (χ3n) is 2.97. The van der Waals surface area contributed by atoms with Gasteiger partial charge in [-0.25, -0.2) is 4.79 Å². The number of aromatic carboxylic acids is 1. The van der Waals surface area contributed by atoms with E-state index in [1.165, 1.54) is 31.4 Å². The van der Waals surface area contributed by atoms with Crippen molar-refractivity contribution in [3.63, 3.8) is 0 Å². The summed E-state index contributed by atoms with van der Waals surface area (Å²) in [5.74, 6) is -0.147. The first kappa shape index (κ1) is 18.5. The summed E-state index contributed by atoms with van der Waals surface area (Å²) in [5.41, 5.74) is 0.0263. The molecule has 0 atom stereocenters. The molecule has 2 rings (SSSR count). The average Bonchev–Trinajstić information content (AvgIpc) is 2.52. The number of carbonyl (C=O) groups is 1. The Balaban J connectivity index is 2.01. The SMILES string of the molecule is COc1ccc(C(=O)O)c(OCCOc2c(Cl)cc(Cl)cc2Cl)c1. The summed E-state index contributed by atoms with van der Waals surface area (Å²) in [6.07, 6.45) is 0. The molecule has 0 aliphatic carbocycles. The molecule has 128 valence electrons. The number of rotatable bonds is 7. The molecule has 0 heterocycles. The van der Waals surface area contributed by atoms with E-state index in [1.54, 1.807) is 6.07 Å². The maximum Gasteiger partial charge on any atom is 0.339 e. The van der Waals surface area contributed by atoms with E-state index in [0.29, 0.717) is 10.8 Å². The lowest BCUT2D eigenvalue weighted by Gasteiger charge is -2.13. The lowest BCUT2D eigenvalue weighted by atomic mass is 10.2. The van der Waals surface area contributed by atoms with Crippen LogP contribution in [0.15, 0.2) is 30.3 Å². The summed E-state index contributed by atoms with van der Waals surface area (Å²) in [4.78, 5) is 11.2. The molecule has 0 bridgehead atoms. The number of benzene rings is 2. The predicted octanol–water partition coefficient (Wildman–Crippen LogP) is 4.81. The Bertz CT molecular complexity index is 725. The van der Waals surface area contributed by atoms with Crippen molar-refractivity contribution in [2.75, 3.05) is 20.3 Å². The minimum Gasteiger partial charge on any atom is -0.497 e. The Hall–Kier alpha value is -1.82. The summed E-state index contributed by atoms with van der Waals surface area (Å²) in [7, 11) is 1.48. The van der Waals surface area contributed by atoms with Gasteiger partial charge < -0.3 is 19.3 Å². The molecule has 2 aromatic rings. The van der Waals surface area contributed by atoms with E-state index in [2.05, 4.69) is 0 Å². The van der Waals surface area contributed by atoms with Crippen molar-refractivity contribution < 1.29 is 24.1 Å². The smallest absolute Gasteiger partial charge is 0.339 e. The van der Waals surface area contributed by atoms with Gasteiger partial charge >= 0.3 is 5.97 Å². The highest BCUT2D eigenvalue weighted by Crippen LogP contribution is 2.35. The highest BCUT2D eigenvalue weighted by atomic mass is 35.5. The molecule has 2 aromatic carbocycles. The van der Waals surface area contributed by atoms with Gasteiger partial charge in [-0.05, 0) is 24.3 Å². The Labute approximate surface area is 153 Å². The summed E-state index contributed by atoms with van der Waals surface area (Å²) in [6.45, 7) is 0.195. The van der Waals surface area contributed by atoms with Crippen molar-refractivity contribution in [2.24, 2.45) is 0 Å². The Morgan fingerprint density at radius 1 is 1.04 bits per heavy atom. The first-order valence-corrected chi connectivity index (χ1v) is 7.87. The molecule has 24 heavy (non-hydrogen) atoms. The van der Waals surface area contributed by atoms with E-state index in [9.17, 15) is 4.79 Å². The van der Waals surface area contributed by atoms with Gasteiger partial charge in [-0.15, -0.1) is 0 Å². The van der Waals surface area contributed by atoms with Crippen LogP contribution in [0.1, 0.15) is 10.4 Å². The zero-order valence-electron chi connectivity index (χ0n) is 12.5. The van der Waals surface area contributed by atoms with Gasteiger partial charge in [0.25, 0.3) is 0 Å². The standard InChI is InChI=1S/C16H13Cl3O5/c1-22-10-2-3-11(16(20)21)14(8-10)23-4-5-24-15-12(18)6-9(17)7-13(15)19/h2-3,6-8H,4-5H2,1H3,(H,20,21). The zero-order chi connectivity index (χ0) is 17.7. The molecule has 0 amide bonds. The third kappa shape index (κ3) is 4.60. The van der Waals surface area contributed by atoms with Crippen LogP contribution in [0.3, 0.4) is 0 Å². The van der Waals surface area contributed by atoms with Crippen molar-refractivity contribution >= 4 is 40.8 Å². The van der Waals surface area contributed by atoms with Crippen molar-refractivity contribution in [2.45, 2.75) is 0 Å². The summed E-state index contributed by atoms with van der Waals surface area (Å²) in [5, 5.41) is 10.1. The van der Waals surface area contributed by atoms with Gasteiger partial charge in [0.2, 0.25) is 0 Å². The first-order chi connectivity index (χ1) is 11.4. The average molecular weight is 392 g/mol. The van der Waals surface area contributed by atoms with Gasteiger partial charge in [0, 0.05) is 11.1 Å². The number of hydrogen-bond acceptors (Lipinski definition) is 4. The highest BCUT2D eigenvalue weighted by Gasteiger charge is 2.13. The predicted molar refractivity (Wildman–Crippen MR) is 92.4 cm³/mol. The zero-order valence-corrected chi connectivity index (χ0v) is 14.8. The number of halogens is 3. The largest absolute Gasteiger partial charge is 0.497 e. The van der Waals surface area contributed by atoms with E-state index in [1.807, 2.05) is 0 Å². The van der Waals surface area contributed by atoms with Crippen molar-refractivity contribution in [3.8, 4) is 17.2 Å². The number of carboxylic acid groups (broad SMARTS) is 1. The highest BCUT2D eigenvalue weighted by molar-refractivity contribution is 6.40. The quantitative estimate of drug-likeness (QED) is 0.686. The Kier molecular flexibility index (Phi) is 6.43. The molecule has 0 saturated carbocycles. The van der Waals surface area contributed by atoms with Gasteiger partial charge in [0.15, 0.2) is 5.75 Å². The lowest BCUT2D eigenvalue weighted by Crippen LogP contribution is -2.11. The molecular weight excluding hydrogens is 379 g/mol. The van der Waals surface area contributed by atoms with Gasteiger partial charge in [-0.2, -0.15) is 0 Å². The van der Waals surface area contributed by atoms with Crippen LogP contribution in [-0.2, 0) is 0 Å².